The molecule has 4 rings (SSSR count). The highest BCUT2D eigenvalue weighted by Crippen LogP contribution is 2.36. The molecule has 1 aromatic heterocycles. The average molecular weight is 490 g/mol. The van der Waals surface area contributed by atoms with Crippen LogP contribution in [0.2, 0.25) is 5.02 Å². The molecule has 2 aromatic rings. The molecule has 2 fully saturated rings. The number of aryl methyl sites for hydroxylation is 1. The number of rotatable bonds is 8. The molecule has 0 spiro atoms. The van der Waals surface area contributed by atoms with Crippen LogP contribution in [0.1, 0.15) is 48.9 Å². The van der Waals surface area contributed by atoms with E-state index in [-0.39, 0.29) is 11.8 Å². The number of hydrogen-bond acceptors (Lipinski definition) is 6. The monoisotopic (exact) mass is 489 g/mol. The Balaban J connectivity index is 1.51. The Kier molecular flexibility index (Phi) is 8.11. The highest BCUT2D eigenvalue weighted by Gasteiger charge is 2.41. The van der Waals surface area contributed by atoms with Gasteiger partial charge >= 0.3 is 0 Å². The van der Waals surface area contributed by atoms with Gasteiger partial charge in [0, 0.05) is 55.5 Å². The molecule has 8 nitrogen and oxygen atoms in total. The van der Waals surface area contributed by atoms with E-state index in [0.29, 0.717) is 74.6 Å². The highest BCUT2D eigenvalue weighted by molar-refractivity contribution is 6.30. The number of likely N-dealkylation sites (tertiary alicyclic amines) is 1. The fourth-order valence-electron chi connectivity index (χ4n) is 4.67. The van der Waals surface area contributed by atoms with Crippen LogP contribution in [0, 0.1) is 5.41 Å². The van der Waals surface area contributed by atoms with E-state index >= 15 is 0 Å². The molecule has 3 heterocycles. The molecule has 9 heteroatoms. The maximum absolute atomic E-state index is 13.2. The zero-order valence-electron chi connectivity index (χ0n) is 19.6. The van der Waals surface area contributed by atoms with E-state index in [1.54, 1.807) is 23.1 Å². The summed E-state index contributed by atoms with van der Waals surface area (Å²) in [7, 11) is 0. The zero-order chi connectivity index (χ0) is 24.0. The smallest absolute Gasteiger partial charge is 0.276 e. The standard InChI is InChI=1S/C25H32ClN3O5/c1-2-5-21-15-22(27-34-21)24(31)29-9-4-8-25(17-29,16-23(30)28-10-12-32-13-11-28)18-33-20-7-3-6-19(26)14-20/h3,6-7,14-15H,2,4-5,8-13,16-18H2,1H3. The molecule has 0 saturated carbocycles. The number of halogens is 1. The Morgan fingerprint density at radius 1 is 1.18 bits per heavy atom. The number of carbonyl (C=O) groups excluding carboxylic acids is 2. The first-order valence-corrected chi connectivity index (χ1v) is 12.3. The molecular formula is C25H32ClN3O5. The van der Waals surface area contributed by atoms with E-state index in [1.165, 1.54) is 0 Å². The Hall–Kier alpha value is -2.58. The van der Waals surface area contributed by atoms with Gasteiger partial charge in [0.05, 0.1) is 19.8 Å². The second kappa shape index (κ2) is 11.2. The number of amides is 2. The second-order valence-corrected chi connectivity index (χ2v) is 9.61. The van der Waals surface area contributed by atoms with Crippen LogP contribution in [0.3, 0.4) is 0 Å². The topological polar surface area (TPSA) is 85.1 Å². The van der Waals surface area contributed by atoms with Crippen molar-refractivity contribution >= 4 is 23.4 Å². The Bertz CT molecular complexity index is 990. The number of benzene rings is 1. The molecule has 1 unspecified atom stereocenters. The maximum atomic E-state index is 13.2. The summed E-state index contributed by atoms with van der Waals surface area (Å²) in [6, 6.07) is 8.95. The normalized spacial score (nSPS) is 20.9. The van der Waals surface area contributed by atoms with Crippen molar-refractivity contribution in [2.24, 2.45) is 5.41 Å². The van der Waals surface area contributed by atoms with Crippen LogP contribution in [0.4, 0.5) is 0 Å². The predicted molar refractivity (Wildman–Crippen MR) is 127 cm³/mol. The third-order valence-corrected chi connectivity index (χ3v) is 6.69. The van der Waals surface area contributed by atoms with Gasteiger partial charge in [0.1, 0.15) is 11.5 Å². The van der Waals surface area contributed by atoms with Gasteiger partial charge in [0.2, 0.25) is 5.91 Å². The van der Waals surface area contributed by atoms with Crippen LogP contribution in [-0.2, 0) is 16.0 Å². The number of ether oxygens (including phenoxy) is 2. The lowest BCUT2D eigenvalue weighted by Gasteiger charge is -2.43. The van der Waals surface area contributed by atoms with Crippen molar-refractivity contribution in [1.82, 2.24) is 15.0 Å². The number of carbonyl (C=O) groups is 2. The van der Waals surface area contributed by atoms with Crippen LogP contribution in [0.25, 0.3) is 0 Å². The molecule has 2 aliphatic rings. The predicted octanol–water partition coefficient (Wildman–Crippen LogP) is 3.83. The second-order valence-electron chi connectivity index (χ2n) is 9.17. The van der Waals surface area contributed by atoms with E-state index in [9.17, 15) is 9.59 Å². The van der Waals surface area contributed by atoms with Crippen LogP contribution < -0.4 is 4.74 Å². The minimum absolute atomic E-state index is 0.0685. The Labute approximate surface area is 205 Å². The van der Waals surface area contributed by atoms with E-state index in [4.69, 9.17) is 25.6 Å². The summed E-state index contributed by atoms with van der Waals surface area (Å²) in [5.41, 5.74) is -0.198. The molecule has 2 aliphatic heterocycles. The van der Waals surface area contributed by atoms with Gasteiger partial charge < -0.3 is 23.8 Å². The third kappa shape index (κ3) is 6.10. The summed E-state index contributed by atoms with van der Waals surface area (Å²) < 4.78 is 16.9. The summed E-state index contributed by atoms with van der Waals surface area (Å²) in [6.45, 7) is 5.67. The van der Waals surface area contributed by atoms with Crippen LogP contribution in [-0.4, -0.2) is 72.8 Å². The molecule has 34 heavy (non-hydrogen) atoms. The lowest BCUT2D eigenvalue weighted by Crippen LogP contribution is -2.52. The maximum Gasteiger partial charge on any atom is 0.276 e. The molecule has 184 valence electrons. The average Bonchev–Trinajstić information content (AvgIpc) is 3.32. The van der Waals surface area contributed by atoms with Crippen molar-refractivity contribution < 1.29 is 23.6 Å². The van der Waals surface area contributed by atoms with Crippen molar-refractivity contribution in [3.63, 3.8) is 0 Å². The lowest BCUT2D eigenvalue weighted by atomic mass is 9.77. The number of nitrogens with zero attached hydrogens (tertiary/aromatic N) is 3. The number of aromatic nitrogens is 1. The molecular weight excluding hydrogens is 458 g/mol. The van der Waals surface area contributed by atoms with Gasteiger partial charge in [-0.25, -0.2) is 0 Å². The molecule has 0 aliphatic carbocycles. The van der Waals surface area contributed by atoms with Crippen molar-refractivity contribution in [3.8, 4) is 5.75 Å². The van der Waals surface area contributed by atoms with Crippen LogP contribution >= 0.6 is 11.6 Å². The fraction of sp³-hybridized carbons (Fsp3) is 0.560. The first kappa shape index (κ1) is 24.5. The molecule has 0 bridgehead atoms. The number of morpholine rings is 1. The number of hydrogen-bond donors (Lipinski definition) is 0. The molecule has 1 atom stereocenters. The first-order valence-electron chi connectivity index (χ1n) is 12.0. The SMILES string of the molecule is CCCc1cc(C(=O)N2CCCC(COc3cccc(Cl)c3)(CC(=O)N3CCOCC3)C2)no1. The van der Waals surface area contributed by atoms with Gasteiger partial charge in [-0.05, 0) is 37.5 Å². The van der Waals surface area contributed by atoms with Crippen LogP contribution in [0.15, 0.2) is 34.9 Å². The van der Waals surface area contributed by atoms with Crippen LogP contribution in [0.5, 0.6) is 5.75 Å². The van der Waals surface area contributed by atoms with Crippen molar-refractivity contribution in [1.29, 1.82) is 0 Å². The molecule has 2 saturated heterocycles. The Morgan fingerprint density at radius 3 is 2.76 bits per heavy atom. The summed E-state index contributed by atoms with van der Waals surface area (Å²) in [5.74, 6) is 1.26. The minimum Gasteiger partial charge on any atom is -0.493 e. The zero-order valence-corrected chi connectivity index (χ0v) is 20.4. The summed E-state index contributed by atoms with van der Waals surface area (Å²) in [6.07, 6.45) is 3.52. The van der Waals surface area contributed by atoms with Gasteiger partial charge in [-0.2, -0.15) is 0 Å². The van der Waals surface area contributed by atoms with Crippen molar-refractivity contribution in [2.45, 2.75) is 39.0 Å². The van der Waals surface area contributed by atoms with Gasteiger partial charge in [-0.1, -0.05) is 29.7 Å². The molecule has 2 amide bonds. The van der Waals surface area contributed by atoms with Gasteiger partial charge in [-0.3, -0.25) is 9.59 Å². The van der Waals surface area contributed by atoms with E-state index < -0.39 is 5.41 Å². The molecule has 0 N–H and O–H groups in total. The fourth-order valence-corrected chi connectivity index (χ4v) is 4.85. The van der Waals surface area contributed by atoms with Gasteiger partial charge in [-0.15, -0.1) is 0 Å². The molecule has 1 aromatic carbocycles. The van der Waals surface area contributed by atoms with E-state index in [1.807, 2.05) is 24.0 Å². The quantitative estimate of drug-likeness (QED) is 0.560. The molecule has 0 radical (unpaired) electrons. The summed E-state index contributed by atoms with van der Waals surface area (Å²) >= 11 is 6.12. The summed E-state index contributed by atoms with van der Waals surface area (Å²) in [5, 5.41) is 4.58. The minimum atomic E-state index is -0.512. The van der Waals surface area contributed by atoms with E-state index in [0.717, 1.165) is 25.7 Å². The van der Waals surface area contributed by atoms with Crippen molar-refractivity contribution in [3.05, 3.63) is 46.8 Å². The summed E-state index contributed by atoms with van der Waals surface area (Å²) in [4.78, 5) is 30.1. The highest BCUT2D eigenvalue weighted by atomic mass is 35.5. The third-order valence-electron chi connectivity index (χ3n) is 6.45. The largest absolute Gasteiger partial charge is 0.493 e. The van der Waals surface area contributed by atoms with Gasteiger partial charge in [0.15, 0.2) is 5.69 Å². The van der Waals surface area contributed by atoms with E-state index in [2.05, 4.69) is 5.16 Å². The Morgan fingerprint density at radius 2 is 2.00 bits per heavy atom. The first-order chi connectivity index (χ1) is 16.5. The van der Waals surface area contributed by atoms with Crippen molar-refractivity contribution in [2.75, 3.05) is 46.0 Å². The van der Waals surface area contributed by atoms with Gasteiger partial charge in [0.25, 0.3) is 5.91 Å². The lowest BCUT2D eigenvalue weighted by molar-refractivity contribution is -0.139. The number of piperidine rings is 1.